The van der Waals surface area contributed by atoms with Gasteiger partial charge in [0.05, 0.1) is 28.3 Å². The minimum Gasteiger partial charge on any atom is -0.457 e. The van der Waals surface area contributed by atoms with E-state index in [2.05, 4.69) is 16.0 Å². The number of aromatic nitrogens is 2. The van der Waals surface area contributed by atoms with Crippen molar-refractivity contribution in [2.24, 2.45) is 0 Å². The van der Waals surface area contributed by atoms with E-state index in [1.807, 2.05) is 31.2 Å². The van der Waals surface area contributed by atoms with Gasteiger partial charge in [0, 0.05) is 24.2 Å². The fourth-order valence-corrected chi connectivity index (χ4v) is 6.54. The molecule has 4 aromatic carbocycles. The molecular weight excluding hydrogens is 670 g/mol. The molecule has 0 unspecified atom stereocenters. The molecule has 2 aliphatic rings. The molecule has 0 fully saturated rings. The van der Waals surface area contributed by atoms with Crippen molar-refractivity contribution in [3.63, 3.8) is 0 Å². The zero-order chi connectivity index (χ0) is 36.7. The van der Waals surface area contributed by atoms with Crippen molar-refractivity contribution in [1.82, 2.24) is 9.97 Å². The first-order valence-corrected chi connectivity index (χ1v) is 16.6. The van der Waals surface area contributed by atoms with Crippen molar-refractivity contribution in [3.05, 3.63) is 167 Å². The first-order valence-electron chi connectivity index (χ1n) is 16.6. The van der Waals surface area contributed by atoms with Crippen LogP contribution in [-0.2, 0) is 5.41 Å². The van der Waals surface area contributed by atoms with Gasteiger partial charge in [-0.15, -0.1) is 0 Å². The van der Waals surface area contributed by atoms with Crippen molar-refractivity contribution in [3.8, 4) is 29.1 Å². The average molecular weight is 698 g/mol. The molecule has 0 aliphatic carbocycles. The molecule has 4 amide bonds. The van der Waals surface area contributed by atoms with E-state index in [-0.39, 0.29) is 40.3 Å². The van der Waals surface area contributed by atoms with Crippen LogP contribution in [-0.4, -0.2) is 33.6 Å². The number of pyridine rings is 2. The third kappa shape index (κ3) is 5.74. The topological polar surface area (TPSA) is 143 Å². The van der Waals surface area contributed by atoms with Crippen LogP contribution in [0.5, 0.6) is 23.0 Å². The highest BCUT2D eigenvalue weighted by atomic mass is 16.5. The second-order valence-corrected chi connectivity index (χ2v) is 12.6. The predicted octanol–water partition coefficient (Wildman–Crippen LogP) is 7.88. The first-order chi connectivity index (χ1) is 25.7. The Kier molecular flexibility index (Phi) is 8.04. The Morgan fingerprint density at radius 1 is 0.547 bits per heavy atom. The lowest BCUT2D eigenvalue weighted by Gasteiger charge is -2.28. The van der Waals surface area contributed by atoms with Crippen LogP contribution in [0.2, 0.25) is 0 Å². The molecule has 6 aromatic rings. The number of anilines is 2. The summed E-state index contributed by atoms with van der Waals surface area (Å²) >= 11 is 0. The van der Waals surface area contributed by atoms with Crippen molar-refractivity contribution in [2.75, 3.05) is 9.80 Å². The van der Waals surface area contributed by atoms with E-state index in [4.69, 9.17) is 9.47 Å². The summed E-state index contributed by atoms with van der Waals surface area (Å²) in [5, 5.41) is 9.82. The van der Waals surface area contributed by atoms with Gasteiger partial charge >= 0.3 is 0 Å². The van der Waals surface area contributed by atoms with E-state index >= 15 is 0 Å². The zero-order valence-corrected chi connectivity index (χ0v) is 28.1. The third-order valence-electron chi connectivity index (χ3n) is 9.36. The lowest BCUT2D eigenvalue weighted by Crippen LogP contribution is -2.30. The van der Waals surface area contributed by atoms with Gasteiger partial charge in [-0.1, -0.05) is 43.3 Å². The second kappa shape index (κ2) is 13.0. The Hall–Kier alpha value is -7.45. The number of nitrogens with zero attached hydrogens (tertiary/aromatic N) is 5. The van der Waals surface area contributed by atoms with Gasteiger partial charge in [-0.2, -0.15) is 5.26 Å². The molecule has 4 heterocycles. The largest absolute Gasteiger partial charge is 0.457 e. The Labute approximate surface area is 303 Å². The summed E-state index contributed by atoms with van der Waals surface area (Å²) < 4.78 is 12.2. The highest BCUT2D eigenvalue weighted by molar-refractivity contribution is 6.35. The number of carbonyl (C=O) groups is 4. The van der Waals surface area contributed by atoms with E-state index in [0.717, 1.165) is 20.9 Å². The van der Waals surface area contributed by atoms with Crippen LogP contribution in [0.15, 0.2) is 134 Å². The lowest BCUT2D eigenvalue weighted by molar-refractivity contribution is 0.0909. The molecule has 2 aromatic heterocycles. The summed E-state index contributed by atoms with van der Waals surface area (Å²) in [6.45, 7) is 1.98. The molecule has 0 saturated heterocycles. The average Bonchev–Trinajstić information content (AvgIpc) is 3.58. The summed E-state index contributed by atoms with van der Waals surface area (Å²) in [5.74, 6) is 0.471. The minimum atomic E-state index is -0.684. The minimum absolute atomic E-state index is 0.189. The van der Waals surface area contributed by atoms with Crippen molar-refractivity contribution >= 4 is 35.3 Å². The molecule has 11 nitrogen and oxygen atoms in total. The van der Waals surface area contributed by atoms with Crippen LogP contribution >= 0.6 is 0 Å². The van der Waals surface area contributed by atoms with Gasteiger partial charge in [0.15, 0.2) is 0 Å². The number of ether oxygens (including phenoxy) is 2. The smallest absolute Gasteiger partial charge is 0.267 e. The summed E-state index contributed by atoms with van der Waals surface area (Å²) in [6, 6.07) is 36.6. The molecule has 53 heavy (non-hydrogen) atoms. The molecule has 0 atom stereocenters. The lowest BCUT2D eigenvalue weighted by atomic mass is 9.74. The number of imide groups is 2. The molecule has 0 bridgehead atoms. The van der Waals surface area contributed by atoms with Crippen LogP contribution < -0.4 is 19.3 Å². The third-order valence-corrected chi connectivity index (χ3v) is 9.36. The van der Waals surface area contributed by atoms with Crippen molar-refractivity contribution in [1.29, 1.82) is 5.26 Å². The molecule has 0 radical (unpaired) electrons. The molecule has 256 valence electrons. The van der Waals surface area contributed by atoms with Gasteiger partial charge in [-0.25, -0.2) is 19.8 Å². The second-order valence-electron chi connectivity index (χ2n) is 12.6. The van der Waals surface area contributed by atoms with Gasteiger partial charge in [0.25, 0.3) is 23.6 Å². The van der Waals surface area contributed by atoms with Gasteiger partial charge in [-0.05, 0) is 96.1 Å². The number of hydrogen-bond donors (Lipinski definition) is 0. The molecular formula is C42H27N5O6. The maximum Gasteiger partial charge on any atom is 0.267 e. The molecule has 11 heteroatoms. The quantitative estimate of drug-likeness (QED) is 0.138. The molecule has 8 rings (SSSR count). The normalized spacial score (nSPS) is 13.5. The monoisotopic (exact) mass is 697 g/mol. The Morgan fingerprint density at radius 2 is 0.943 bits per heavy atom. The Morgan fingerprint density at radius 3 is 1.32 bits per heavy atom. The van der Waals surface area contributed by atoms with Crippen molar-refractivity contribution < 1.29 is 28.7 Å². The van der Waals surface area contributed by atoms with E-state index in [9.17, 15) is 24.4 Å². The SMILES string of the molecule is CC(CC#N)(c1ccc(Oc2ccc3c(c2)C(=O)N(c2ccccn2)C3=O)cc1)c1ccc(Oc2ccc3c(c2)C(=O)N(c2ccccn2)C3=O)cc1. The van der Waals surface area contributed by atoms with Crippen molar-refractivity contribution in [2.45, 2.75) is 18.8 Å². The number of amides is 4. The Bertz CT molecular complexity index is 2320. The van der Waals surface area contributed by atoms with E-state index < -0.39 is 29.0 Å². The number of nitriles is 1. The summed E-state index contributed by atoms with van der Waals surface area (Å²) in [4.78, 5) is 62.6. The number of rotatable bonds is 9. The summed E-state index contributed by atoms with van der Waals surface area (Å²) in [6.07, 6.45) is 3.23. The van der Waals surface area contributed by atoms with Gasteiger partial charge in [0.2, 0.25) is 0 Å². The van der Waals surface area contributed by atoms with Crippen LogP contribution in [0.4, 0.5) is 11.6 Å². The predicted molar refractivity (Wildman–Crippen MR) is 193 cm³/mol. The molecule has 0 saturated carbocycles. The van der Waals surface area contributed by atoms with Crippen LogP contribution in [0.1, 0.15) is 65.9 Å². The summed E-state index contributed by atoms with van der Waals surface area (Å²) in [7, 11) is 0. The zero-order valence-electron chi connectivity index (χ0n) is 28.1. The first kappa shape index (κ1) is 32.7. The van der Waals surface area contributed by atoms with Crippen LogP contribution in [0.25, 0.3) is 0 Å². The summed E-state index contributed by atoms with van der Waals surface area (Å²) in [5.41, 5.74) is 2.08. The number of fused-ring (bicyclic) bond motifs is 2. The maximum atomic E-state index is 13.1. The van der Waals surface area contributed by atoms with E-state index in [1.165, 1.54) is 12.4 Å². The van der Waals surface area contributed by atoms with Gasteiger partial charge in [0.1, 0.15) is 34.6 Å². The molecule has 0 spiro atoms. The van der Waals surface area contributed by atoms with E-state index in [0.29, 0.717) is 23.0 Å². The number of carbonyl (C=O) groups excluding carboxylic acids is 4. The Balaban J connectivity index is 0.972. The fraction of sp³-hybridized carbons (Fsp3) is 0.0714. The van der Waals surface area contributed by atoms with Gasteiger partial charge in [-0.3, -0.25) is 19.2 Å². The van der Waals surface area contributed by atoms with E-state index in [1.54, 1.807) is 97.1 Å². The highest BCUT2D eigenvalue weighted by Gasteiger charge is 2.39. The van der Waals surface area contributed by atoms with Crippen LogP contribution in [0.3, 0.4) is 0 Å². The van der Waals surface area contributed by atoms with Crippen LogP contribution in [0, 0.1) is 11.3 Å². The number of hydrogen-bond acceptors (Lipinski definition) is 9. The maximum absolute atomic E-state index is 13.1. The fourth-order valence-electron chi connectivity index (χ4n) is 6.54. The highest BCUT2D eigenvalue weighted by Crippen LogP contribution is 2.39. The molecule has 0 N–H and O–H groups in total. The van der Waals surface area contributed by atoms with Gasteiger partial charge < -0.3 is 9.47 Å². The number of benzene rings is 4. The standard InChI is InChI=1S/C42H27N5O6/c1-42(20-21-43,26-8-12-28(13-9-26)52-30-16-18-32-34(24-30)40(50)46(38(32)48)36-6-2-4-22-44-36)27-10-14-29(15-11-27)53-31-17-19-33-35(25-31)41(51)47(39(33)49)37-7-3-5-23-45-37/h2-19,22-25H,20H2,1H3. The molecule has 2 aliphatic heterocycles.